The molecule has 0 aliphatic heterocycles. The van der Waals surface area contributed by atoms with E-state index < -0.39 is 17.7 Å². The van der Waals surface area contributed by atoms with Crippen molar-refractivity contribution >= 4 is 34.5 Å². The molecule has 3 aromatic rings. The van der Waals surface area contributed by atoms with Gasteiger partial charge in [0.15, 0.2) is 5.69 Å². The van der Waals surface area contributed by atoms with Crippen molar-refractivity contribution in [2.24, 2.45) is 0 Å². The van der Waals surface area contributed by atoms with E-state index in [2.05, 4.69) is 31.0 Å². The summed E-state index contributed by atoms with van der Waals surface area (Å²) in [5, 5.41) is 23.4. The van der Waals surface area contributed by atoms with Crippen LogP contribution in [-0.4, -0.2) is 50.1 Å². The summed E-state index contributed by atoms with van der Waals surface area (Å²) in [7, 11) is 0. The number of benzene rings is 1. The van der Waals surface area contributed by atoms with Crippen LogP contribution in [0.4, 0.5) is 4.79 Å². The van der Waals surface area contributed by atoms with Gasteiger partial charge in [0, 0.05) is 29.3 Å². The average Bonchev–Trinajstić information content (AvgIpc) is 3.19. The summed E-state index contributed by atoms with van der Waals surface area (Å²) in [4.78, 5) is 25.5. The van der Waals surface area contributed by atoms with E-state index in [1.807, 2.05) is 0 Å². The molecule has 1 fully saturated rings. The number of rotatable bonds is 4. The van der Waals surface area contributed by atoms with Crippen molar-refractivity contribution in [1.82, 2.24) is 31.0 Å². The van der Waals surface area contributed by atoms with Crippen molar-refractivity contribution in [2.75, 3.05) is 0 Å². The first kappa shape index (κ1) is 23.9. The number of nitrogens with one attached hydrogen (secondary N) is 2. The van der Waals surface area contributed by atoms with Crippen LogP contribution in [0.15, 0.2) is 28.7 Å². The van der Waals surface area contributed by atoms with Gasteiger partial charge in [-0.2, -0.15) is 0 Å². The van der Waals surface area contributed by atoms with Gasteiger partial charge in [-0.05, 0) is 58.2 Å². The van der Waals surface area contributed by atoms with Crippen LogP contribution in [0.3, 0.4) is 0 Å². The Morgan fingerprint density at radius 2 is 1.85 bits per heavy atom. The van der Waals surface area contributed by atoms with Crippen molar-refractivity contribution in [1.29, 1.82) is 0 Å². The molecule has 0 saturated heterocycles. The lowest BCUT2D eigenvalue weighted by atomic mass is 9.82. The molecule has 1 saturated carbocycles. The zero-order valence-electron chi connectivity index (χ0n) is 19.5. The van der Waals surface area contributed by atoms with Gasteiger partial charge in [0.25, 0.3) is 5.91 Å². The SMILES string of the molecule is Cc1nnc([C@H]2CC[C@H](NC(=O)c3cc4ccc(Cl)cc4nn3)[C@H](NC(=O)OC(C)(C)C)C2)o1. The van der Waals surface area contributed by atoms with Gasteiger partial charge in [0.1, 0.15) is 5.60 Å². The summed E-state index contributed by atoms with van der Waals surface area (Å²) >= 11 is 6.00. The molecule has 2 heterocycles. The van der Waals surface area contributed by atoms with Crippen LogP contribution in [0, 0.1) is 6.92 Å². The molecule has 180 valence electrons. The molecular weight excluding hydrogens is 460 g/mol. The molecule has 1 aromatic carbocycles. The normalized spacial score (nSPS) is 20.7. The molecule has 2 N–H and O–H groups in total. The second-order valence-corrected chi connectivity index (χ2v) is 9.87. The Morgan fingerprint density at radius 1 is 1.06 bits per heavy atom. The fourth-order valence-corrected chi connectivity index (χ4v) is 4.19. The van der Waals surface area contributed by atoms with Crippen LogP contribution in [0.25, 0.3) is 10.9 Å². The number of aromatic nitrogens is 4. The third-order valence-electron chi connectivity index (χ3n) is 5.54. The molecule has 1 aliphatic carbocycles. The van der Waals surface area contributed by atoms with E-state index in [-0.39, 0.29) is 23.6 Å². The second-order valence-electron chi connectivity index (χ2n) is 9.43. The Morgan fingerprint density at radius 3 is 2.56 bits per heavy atom. The Hall–Kier alpha value is -3.27. The van der Waals surface area contributed by atoms with Gasteiger partial charge in [-0.1, -0.05) is 17.7 Å². The van der Waals surface area contributed by atoms with Crippen molar-refractivity contribution in [3.05, 3.63) is 46.8 Å². The monoisotopic (exact) mass is 486 g/mol. The maximum Gasteiger partial charge on any atom is 0.407 e. The van der Waals surface area contributed by atoms with Gasteiger partial charge in [0.2, 0.25) is 11.8 Å². The third kappa shape index (κ3) is 5.80. The number of fused-ring (bicyclic) bond motifs is 1. The zero-order valence-corrected chi connectivity index (χ0v) is 20.2. The molecule has 0 spiro atoms. The number of carbonyl (C=O) groups excluding carboxylic acids is 2. The van der Waals surface area contributed by atoms with Crippen LogP contribution < -0.4 is 10.6 Å². The third-order valence-corrected chi connectivity index (χ3v) is 5.78. The summed E-state index contributed by atoms with van der Waals surface area (Å²) in [6.45, 7) is 7.12. The molecule has 1 aliphatic rings. The van der Waals surface area contributed by atoms with Gasteiger partial charge in [-0.15, -0.1) is 20.4 Å². The van der Waals surface area contributed by atoms with Gasteiger partial charge >= 0.3 is 6.09 Å². The molecule has 0 bridgehead atoms. The summed E-state index contributed by atoms with van der Waals surface area (Å²) in [5.74, 6) is 0.590. The average molecular weight is 487 g/mol. The second kappa shape index (κ2) is 9.54. The predicted molar refractivity (Wildman–Crippen MR) is 125 cm³/mol. The van der Waals surface area contributed by atoms with E-state index >= 15 is 0 Å². The maximum absolute atomic E-state index is 13.0. The number of alkyl carbamates (subject to hydrolysis) is 1. The van der Waals surface area contributed by atoms with E-state index in [0.717, 1.165) is 5.39 Å². The Labute approximate surface area is 201 Å². The minimum Gasteiger partial charge on any atom is -0.444 e. The molecular formula is C23H27ClN6O4. The highest BCUT2D eigenvalue weighted by Gasteiger charge is 2.36. The first-order valence-corrected chi connectivity index (χ1v) is 11.5. The van der Waals surface area contributed by atoms with Crippen molar-refractivity contribution in [2.45, 2.75) is 70.6 Å². The van der Waals surface area contributed by atoms with Crippen LogP contribution in [0.1, 0.15) is 68.2 Å². The summed E-state index contributed by atoms with van der Waals surface area (Å²) in [6.07, 6.45) is 1.25. The summed E-state index contributed by atoms with van der Waals surface area (Å²) < 4.78 is 11.0. The van der Waals surface area contributed by atoms with Crippen LogP contribution >= 0.6 is 11.6 Å². The Kier molecular flexibility index (Phi) is 6.70. The number of hydrogen-bond acceptors (Lipinski definition) is 8. The van der Waals surface area contributed by atoms with E-state index in [0.29, 0.717) is 41.6 Å². The van der Waals surface area contributed by atoms with Gasteiger partial charge in [-0.3, -0.25) is 4.79 Å². The van der Waals surface area contributed by atoms with Crippen LogP contribution in [0.2, 0.25) is 5.02 Å². The highest BCUT2D eigenvalue weighted by molar-refractivity contribution is 6.31. The number of hydrogen-bond donors (Lipinski definition) is 2. The van der Waals surface area contributed by atoms with Crippen molar-refractivity contribution < 1.29 is 18.7 Å². The summed E-state index contributed by atoms with van der Waals surface area (Å²) in [5.41, 5.74) is 0.133. The quantitative estimate of drug-likeness (QED) is 0.566. The smallest absolute Gasteiger partial charge is 0.407 e. The van der Waals surface area contributed by atoms with E-state index in [9.17, 15) is 9.59 Å². The minimum atomic E-state index is -0.649. The fraction of sp³-hybridized carbons (Fsp3) is 0.478. The highest BCUT2D eigenvalue weighted by Crippen LogP contribution is 2.33. The van der Waals surface area contributed by atoms with Crippen molar-refractivity contribution in [3.8, 4) is 0 Å². The van der Waals surface area contributed by atoms with Crippen LogP contribution in [-0.2, 0) is 4.74 Å². The maximum atomic E-state index is 13.0. The fourth-order valence-electron chi connectivity index (χ4n) is 4.03. The number of halogens is 1. The molecule has 34 heavy (non-hydrogen) atoms. The Bertz CT molecular complexity index is 1210. The number of ether oxygens (including phenoxy) is 1. The Balaban J connectivity index is 1.51. The topological polar surface area (TPSA) is 132 Å². The van der Waals surface area contributed by atoms with E-state index in [4.69, 9.17) is 20.8 Å². The first-order valence-electron chi connectivity index (χ1n) is 11.1. The first-order chi connectivity index (χ1) is 16.1. The number of carbonyl (C=O) groups is 2. The largest absolute Gasteiger partial charge is 0.444 e. The highest BCUT2D eigenvalue weighted by atomic mass is 35.5. The van der Waals surface area contributed by atoms with E-state index in [1.54, 1.807) is 52.0 Å². The molecule has 2 aromatic heterocycles. The molecule has 3 atom stereocenters. The lowest BCUT2D eigenvalue weighted by Gasteiger charge is -2.36. The van der Waals surface area contributed by atoms with Crippen LogP contribution in [0.5, 0.6) is 0 Å². The molecule has 4 rings (SSSR count). The minimum absolute atomic E-state index is 0.0421. The van der Waals surface area contributed by atoms with Gasteiger partial charge in [-0.25, -0.2) is 4.79 Å². The summed E-state index contributed by atoms with van der Waals surface area (Å²) in [6, 6.07) is 6.12. The number of nitrogens with zero attached hydrogens (tertiary/aromatic N) is 4. The van der Waals surface area contributed by atoms with E-state index in [1.165, 1.54) is 0 Å². The number of aryl methyl sites for hydroxylation is 1. The molecule has 11 heteroatoms. The van der Waals surface area contributed by atoms with Gasteiger partial charge in [0.05, 0.1) is 11.6 Å². The molecule has 0 unspecified atom stereocenters. The van der Waals surface area contributed by atoms with Gasteiger partial charge < -0.3 is 19.8 Å². The lowest BCUT2D eigenvalue weighted by molar-refractivity contribution is 0.0467. The number of amides is 2. The van der Waals surface area contributed by atoms with Crippen molar-refractivity contribution in [3.63, 3.8) is 0 Å². The molecule has 2 amide bonds. The predicted octanol–water partition coefficient (Wildman–Crippen LogP) is 3.93. The zero-order chi connectivity index (χ0) is 24.5. The lowest BCUT2D eigenvalue weighted by Crippen LogP contribution is -2.55. The standard InChI is InChI=1S/C23H27ClN6O4/c1-12-27-30-21(33-12)14-6-8-16(18(10-14)26-22(32)34-23(2,3)4)25-20(31)19-9-13-5-7-15(24)11-17(13)28-29-19/h5,7,9,11,14,16,18H,6,8,10H2,1-4H3,(H,25,31)(H,26,32)/t14-,16-,18+/m0/s1. The molecule has 10 nitrogen and oxygen atoms in total. The molecule has 0 radical (unpaired) electrons.